The average molecular weight is 308 g/mol. The van der Waals surface area contributed by atoms with Gasteiger partial charge < -0.3 is 9.73 Å². The first kappa shape index (κ1) is 14.1. The summed E-state index contributed by atoms with van der Waals surface area (Å²) in [5.74, 6) is 1.25. The number of thiophene rings is 1. The molecule has 0 radical (unpaired) electrons. The van der Waals surface area contributed by atoms with E-state index in [1.165, 1.54) is 0 Å². The lowest BCUT2D eigenvalue weighted by Crippen LogP contribution is -2.22. The van der Waals surface area contributed by atoms with Gasteiger partial charge >= 0.3 is 0 Å². The molecule has 5 heteroatoms. The third-order valence-electron chi connectivity index (χ3n) is 3.10. The molecule has 0 saturated carbocycles. The number of nitrogens with one attached hydrogen (secondary N) is 1. The fourth-order valence-electron chi connectivity index (χ4n) is 2.02. The number of benzene rings is 1. The van der Waals surface area contributed by atoms with Gasteiger partial charge in [-0.3, -0.25) is 4.79 Å². The molecular formula is C17H12N2O2S. The maximum atomic E-state index is 12.1. The third-order valence-corrected chi connectivity index (χ3v) is 3.99. The molecule has 2 aromatic heterocycles. The second-order valence-corrected chi connectivity index (χ2v) is 5.57. The van der Waals surface area contributed by atoms with Gasteiger partial charge in [0.15, 0.2) is 0 Å². The SMILES string of the molecule is N#Cc1cccc(C(=O)NCc2ccc(-c3cccs3)o2)c1. The summed E-state index contributed by atoms with van der Waals surface area (Å²) in [6.07, 6.45) is 0. The Morgan fingerprint density at radius 1 is 1.23 bits per heavy atom. The molecule has 22 heavy (non-hydrogen) atoms. The first-order chi connectivity index (χ1) is 10.8. The van der Waals surface area contributed by atoms with Crippen molar-refractivity contribution in [2.24, 2.45) is 0 Å². The highest BCUT2D eigenvalue weighted by molar-refractivity contribution is 7.13. The smallest absolute Gasteiger partial charge is 0.251 e. The van der Waals surface area contributed by atoms with Crippen molar-refractivity contribution < 1.29 is 9.21 Å². The van der Waals surface area contributed by atoms with Crippen molar-refractivity contribution in [2.45, 2.75) is 6.54 Å². The van der Waals surface area contributed by atoms with E-state index in [2.05, 4.69) is 5.32 Å². The third kappa shape index (κ3) is 3.08. The Balaban J connectivity index is 1.65. The predicted octanol–water partition coefficient (Wildman–Crippen LogP) is 3.81. The van der Waals surface area contributed by atoms with E-state index < -0.39 is 0 Å². The van der Waals surface area contributed by atoms with Crippen LogP contribution in [0, 0.1) is 11.3 Å². The molecule has 0 aliphatic rings. The molecule has 0 unspecified atom stereocenters. The minimum Gasteiger partial charge on any atom is -0.458 e. The summed E-state index contributed by atoms with van der Waals surface area (Å²) < 4.78 is 5.70. The van der Waals surface area contributed by atoms with E-state index in [4.69, 9.17) is 9.68 Å². The first-order valence-electron chi connectivity index (χ1n) is 6.67. The maximum absolute atomic E-state index is 12.1. The van der Waals surface area contributed by atoms with Gasteiger partial charge in [0.1, 0.15) is 11.5 Å². The highest BCUT2D eigenvalue weighted by Gasteiger charge is 2.09. The maximum Gasteiger partial charge on any atom is 0.251 e. The van der Waals surface area contributed by atoms with Gasteiger partial charge in [-0.25, -0.2) is 0 Å². The van der Waals surface area contributed by atoms with Crippen LogP contribution in [0.5, 0.6) is 0 Å². The molecule has 1 aromatic carbocycles. The molecule has 1 N–H and O–H groups in total. The van der Waals surface area contributed by atoms with Crippen LogP contribution in [0.2, 0.25) is 0 Å². The summed E-state index contributed by atoms with van der Waals surface area (Å²) >= 11 is 1.60. The minimum absolute atomic E-state index is 0.230. The van der Waals surface area contributed by atoms with Gasteiger partial charge in [-0.2, -0.15) is 5.26 Å². The second kappa shape index (κ2) is 6.29. The zero-order valence-electron chi connectivity index (χ0n) is 11.6. The Morgan fingerprint density at radius 3 is 2.91 bits per heavy atom. The van der Waals surface area contributed by atoms with Crippen molar-refractivity contribution in [1.82, 2.24) is 5.32 Å². The minimum atomic E-state index is -0.230. The Labute approximate surface area is 131 Å². The average Bonchev–Trinajstić information content (AvgIpc) is 3.23. The van der Waals surface area contributed by atoms with Crippen LogP contribution in [-0.4, -0.2) is 5.91 Å². The number of furan rings is 1. The van der Waals surface area contributed by atoms with Crippen molar-refractivity contribution in [3.05, 3.63) is 70.8 Å². The van der Waals surface area contributed by atoms with E-state index in [9.17, 15) is 4.79 Å². The normalized spacial score (nSPS) is 10.1. The summed E-state index contributed by atoms with van der Waals surface area (Å²) in [6, 6.07) is 16.3. The Bertz CT molecular complexity index is 828. The highest BCUT2D eigenvalue weighted by atomic mass is 32.1. The van der Waals surface area contributed by atoms with Crippen LogP contribution < -0.4 is 5.32 Å². The van der Waals surface area contributed by atoms with Crippen molar-refractivity contribution in [2.75, 3.05) is 0 Å². The number of amides is 1. The van der Waals surface area contributed by atoms with Gasteiger partial charge in [-0.1, -0.05) is 12.1 Å². The molecule has 2 heterocycles. The van der Waals surface area contributed by atoms with E-state index in [0.29, 0.717) is 23.4 Å². The molecule has 0 spiro atoms. The van der Waals surface area contributed by atoms with Gasteiger partial charge in [0.2, 0.25) is 0 Å². The van der Waals surface area contributed by atoms with E-state index in [1.807, 2.05) is 35.7 Å². The van der Waals surface area contributed by atoms with Crippen molar-refractivity contribution in [3.8, 4) is 16.7 Å². The zero-order chi connectivity index (χ0) is 15.4. The Morgan fingerprint density at radius 2 is 2.14 bits per heavy atom. The van der Waals surface area contributed by atoms with Gasteiger partial charge in [0.05, 0.1) is 23.1 Å². The van der Waals surface area contributed by atoms with Gasteiger partial charge in [0, 0.05) is 5.56 Å². The molecule has 0 fully saturated rings. The van der Waals surface area contributed by atoms with Gasteiger partial charge in [-0.05, 0) is 41.8 Å². The molecule has 108 valence electrons. The molecule has 4 nitrogen and oxygen atoms in total. The van der Waals surface area contributed by atoms with Crippen LogP contribution in [0.15, 0.2) is 58.3 Å². The Kier molecular flexibility index (Phi) is 4.03. The van der Waals surface area contributed by atoms with Crippen LogP contribution in [0.3, 0.4) is 0 Å². The van der Waals surface area contributed by atoms with Gasteiger partial charge in [0.25, 0.3) is 5.91 Å². The second-order valence-electron chi connectivity index (χ2n) is 4.62. The molecule has 0 aliphatic carbocycles. The highest BCUT2D eigenvalue weighted by Crippen LogP contribution is 2.26. The first-order valence-corrected chi connectivity index (χ1v) is 7.55. The topological polar surface area (TPSA) is 66.0 Å². The number of nitriles is 1. The summed E-state index contributed by atoms with van der Waals surface area (Å²) in [4.78, 5) is 13.1. The summed E-state index contributed by atoms with van der Waals surface area (Å²) in [6.45, 7) is 0.307. The molecule has 0 saturated heterocycles. The van der Waals surface area contributed by atoms with Crippen molar-refractivity contribution in [3.63, 3.8) is 0 Å². The largest absolute Gasteiger partial charge is 0.458 e. The van der Waals surface area contributed by atoms with Crippen LogP contribution >= 0.6 is 11.3 Å². The molecule has 3 aromatic rings. The lowest BCUT2D eigenvalue weighted by molar-refractivity contribution is 0.0948. The molecule has 3 rings (SSSR count). The molecular weight excluding hydrogens is 296 g/mol. The monoisotopic (exact) mass is 308 g/mol. The number of rotatable bonds is 4. The molecule has 0 aliphatic heterocycles. The fraction of sp³-hybridized carbons (Fsp3) is 0.0588. The van der Waals surface area contributed by atoms with Crippen LogP contribution in [0.1, 0.15) is 21.7 Å². The van der Waals surface area contributed by atoms with E-state index in [0.717, 1.165) is 10.6 Å². The van der Waals surface area contributed by atoms with Crippen LogP contribution in [0.4, 0.5) is 0 Å². The van der Waals surface area contributed by atoms with Crippen LogP contribution in [0.25, 0.3) is 10.6 Å². The molecule has 0 atom stereocenters. The number of nitrogens with zero attached hydrogens (tertiary/aromatic N) is 1. The number of carbonyl (C=O) groups excluding carboxylic acids is 1. The quantitative estimate of drug-likeness (QED) is 0.797. The lowest BCUT2D eigenvalue weighted by Gasteiger charge is -2.03. The number of hydrogen-bond acceptors (Lipinski definition) is 4. The number of carbonyl (C=O) groups is 1. The summed E-state index contributed by atoms with van der Waals surface area (Å²) in [5, 5.41) is 13.6. The van der Waals surface area contributed by atoms with Crippen molar-refractivity contribution in [1.29, 1.82) is 5.26 Å². The van der Waals surface area contributed by atoms with E-state index in [-0.39, 0.29) is 5.91 Å². The molecule has 1 amide bonds. The predicted molar refractivity (Wildman–Crippen MR) is 84.3 cm³/mol. The van der Waals surface area contributed by atoms with E-state index in [1.54, 1.807) is 35.6 Å². The van der Waals surface area contributed by atoms with Crippen LogP contribution in [-0.2, 0) is 6.54 Å². The van der Waals surface area contributed by atoms with Crippen molar-refractivity contribution >= 4 is 17.2 Å². The zero-order valence-corrected chi connectivity index (χ0v) is 12.4. The van der Waals surface area contributed by atoms with Gasteiger partial charge in [-0.15, -0.1) is 11.3 Å². The van der Waals surface area contributed by atoms with E-state index >= 15 is 0 Å². The summed E-state index contributed by atoms with van der Waals surface area (Å²) in [5.41, 5.74) is 0.926. The lowest BCUT2D eigenvalue weighted by atomic mass is 10.1. The molecule has 0 bridgehead atoms. The Hall–Kier alpha value is -2.84. The summed E-state index contributed by atoms with van der Waals surface area (Å²) in [7, 11) is 0. The fourth-order valence-corrected chi connectivity index (χ4v) is 2.71. The standard InChI is InChI=1S/C17H12N2O2S/c18-10-12-3-1-4-13(9-12)17(20)19-11-14-6-7-15(21-14)16-5-2-8-22-16/h1-9H,11H2,(H,19,20). The number of hydrogen-bond donors (Lipinski definition) is 1.